The zero-order chi connectivity index (χ0) is 8.10. The fraction of sp³-hybridized carbons (Fsp3) is 0.636. The molecule has 0 aromatic rings. The van der Waals surface area contributed by atoms with Gasteiger partial charge in [0.25, 0.3) is 0 Å². The minimum atomic E-state index is 0.792. The zero-order valence-corrected chi connectivity index (χ0v) is 7.47. The van der Waals surface area contributed by atoms with Crippen LogP contribution in [-0.2, 0) is 0 Å². The van der Waals surface area contributed by atoms with Crippen molar-refractivity contribution in [1.29, 1.82) is 0 Å². The van der Waals surface area contributed by atoms with Crippen LogP contribution in [0.3, 0.4) is 0 Å². The summed E-state index contributed by atoms with van der Waals surface area (Å²) in [6, 6.07) is 0. The molecule has 1 saturated carbocycles. The van der Waals surface area contributed by atoms with E-state index in [9.17, 15) is 0 Å². The first-order valence-electron chi connectivity index (χ1n) is 4.66. The fourth-order valence-electron chi connectivity index (χ4n) is 1.82. The van der Waals surface area contributed by atoms with Gasteiger partial charge in [0.15, 0.2) is 0 Å². The van der Waals surface area contributed by atoms with Crippen LogP contribution < -0.4 is 0 Å². The molecule has 62 valence electrons. The van der Waals surface area contributed by atoms with Gasteiger partial charge in [0.1, 0.15) is 0 Å². The van der Waals surface area contributed by atoms with E-state index in [-0.39, 0.29) is 0 Å². The van der Waals surface area contributed by atoms with Crippen LogP contribution >= 0.6 is 0 Å². The Labute approximate surface area is 70.0 Å². The number of rotatable bonds is 2. The molecule has 0 spiro atoms. The Morgan fingerprint density at radius 2 is 1.91 bits per heavy atom. The van der Waals surface area contributed by atoms with Gasteiger partial charge in [0.05, 0.1) is 0 Å². The normalized spacial score (nSPS) is 20.8. The summed E-state index contributed by atoms with van der Waals surface area (Å²) in [6.45, 7) is 6.14. The molecule has 0 heteroatoms. The molecular weight excluding hydrogens is 132 g/mol. The van der Waals surface area contributed by atoms with Gasteiger partial charge in [-0.3, -0.25) is 0 Å². The highest BCUT2D eigenvalue weighted by molar-refractivity contribution is 5.17. The van der Waals surface area contributed by atoms with E-state index in [4.69, 9.17) is 0 Å². The number of hydrogen-bond donors (Lipinski definition) is 0. The largest absolute Gasteiger partial charge is 0.0956 e. The van der Waals surface area contributed by atoms with Gasteiger partial charge in [-0.25, -0.2) is 0 Å². The average Bonchev–Trinajstić information content (AvgIpc) is 2.07. The summed E-state index contributed by atoms with van der Waals surface area (Å²) in [5, 5.41) is 0. The van der Waals surface area contributed by atoms with Crippen molar-refractivity contribution in [3.8, 4) is 0 Å². The van der Waals surface area contributed by atoms with Gasteiger partial charge in [-0.1, -0.05) is 43.6 Å². The standard InChI is InChI=1S/C11H18/c1-3-7-10(2)11-8-5-4-6-9-11/h3,7,11H,2,4-6,8-9H2,1H3/b7-3+. The summed E-state index contributed by atoms with van der Waals surface area (Å²) in [5.74, 6) is 0.792. The SMILES string of the molecule is C=C(/C=C/C)C1CCCCC1. The Kier molecular flexibility index (Phi) is 3.41. The third-order valence-electron chi connectivity index (χ3n) is 2.51. The van der Waals surface area contributed by atoms with E-state index in [1.165, 1.54) is 37.7 Å². The van der Waals surface area contributed by atoms with Crippen LogP contribution in [0.25, 0.3) is 0 Å². The first-order valence-corrected chi connectivity index (χ1v) is 4.66. The summed E-state index contributed by atoms with van der Waals surface area (Å²) in [4.78, 5) is 0. The Morgan fingerprint density at radius 1 is 1.27 bits per heavy atom. The second-order valence-corrected chi connectivity index (χ2v) is 3.41. The van der Waals surface area contributed by atoms with Crippen molar-refractivity contribution in [2.24, 2.45) is 5.92 Å². The number of hydrogen-bond acceptors (Lipinski definition) is 0. The van der Waals surface area contributed by atoms with Gasteiger partial charge in [-0.15, -0.1) is 0 Å². The van der Waals surface area contributed by atoms with E-state index in [1.54, 1.807) is 0 Å². The molecular formula is C11H18. The van der Waals surface area contributed by atoms with E-state index in [0.717, 1.165) is 5.92 Å². The van der Waals surface area contributed by atoms with Gasteiger partial charge in [-0.2, -0.15) is 0 Å². The topological polar surface area (TPSA) is 0 Å². The van der Waals surface area contributed by atoms with Crippen molar-refractivity contribution in [2.75, 3.05) is 0 Å². The molecule has 0 heterocycles. The minimum Gasteiger partial charge on any atom is -0.0956 e. The lowest BCUT2D eigenvalue weighted by molar-refractivity contribution is 0.409. The molecule has 1 aliphatic rings. The summed E-state index contributed by atoms with van der Waals surface area (Å²) in [7, 11) is 0. The molecule has 0 saturated heterocycles. The monoisotopic (exact) mass is 150 g/mol. The van der Waals surface area contributed by atoms with Crippen LogP contribution in [0, 0.1) is 5.92 Å². The molecule has 1 aliphatic carbocycles. The molecule has 0 aromatic carbocycles. The van der Waals surface area contributed by atoms with Gasteiger partial charge in [0.2, 0.25) is 0 Å². The Hall–Kier alpha value is -0.520. The maximum absolute atomic E-state index is 4.08. The zero-order valence-electron chi connectivity index (χ0n) is 7.47. The first kappa shape index (κ1) is 8.58. The molecule has 0 unspecified atom stereocenters. The van der Waals surface area contributed by atoms with Gasteiger partial charge < -0.3 is 0 Å². The smallest absolute Gasteiger partial charge is 0.0168 e. The fourth-order valence-corrected chi connectivity index (χ4v) is 1.82. The van der Waals surface area contributed by atoms with E-state index >= 15 is 0 Å². The lowest BCUT2D eigenvalue weighted by Crippen LogP contribution is -2.06. The highest BCUT2D eigenvalue weighted by Crippen LogP contribution is 2.29. The molecule has 0 bridgehead atoms. The number of allylic oxidation sites excluding steroid dienone is 3. The molecule has 0 N–H and O–H groups in total. The predicted octanol–water partition coefficient (Wildman–Crippen LogP) is 3.70. The van der Waals surface area contributed by atoms with Gasteiger partial charge in [0, 0.05) is 0 Å². The Balaban J connectivity index is 2.38. The van der Waals surface area contributed by atoms with Crippen LogP contribution in [0.2, 0.25) is 0 Å². The van der Waals surface area contributed by atoms with Crippen LogP contribution in [0.1, 0.15) is 39.0 Å². The third kappa shape index (κ3) is 2.53. The molecule has 0 nitrogen and oxygen atoms in total. The molecule has 1 fully saturated rings. The summed E-state index contributed by atoms with van der Waals surface area (Å²) in [6.07, 6.45) is 11.2. The lowest BCUT2D eigenvalue weighted by Gasteiger charge is -2.21. The summed E-state index contributed by atoms with van der Waals surface area (Å²) in [5.41, 5.74) is 1.34. The first-order chi connectivity index (χ1) is 5.34. The van der Waals surface area contributed by atoms with E-state index in [1.807, 2.05) is 0 Å². The highest BCUT2D eigenvalue weighted by atomic mass is 14.2. The molecule has 1 rings (SSSR count). The molecule has 0 amide bonds. The van der Waals surface area contributed by atoms with Crippen molar-refractivity contribution in [2.45, 2.75) is 39.0 Å². The maximum atomic E-state index is 4.08. The third-order valence-corrected chi connectivity index (χ3v) is 2.51. The molecule has 0 aliphatic heterocycles. The van der Waals surface area contributed by atoms with Gasteiger partial charge >= 0.3 is 0 Å². The molecule has 11 heavy (non-hydrogen) atoms. The Morgan fingerprint density at radius 3 is 2.45 bits per heavy atom. The average molecular weight is 150 g/mol. The molecule has 0 atom stereocenters. The van der Waals surface area contributed by atoms with Gasteiger partial charge in [-0.05, 0) is 25.7 Å². The minimum absolute atomic E-state index is 0.792. The second-order valence-electron chi connectivity index (χ2n) is 3.41. The Bertz CT molecular complexity index is 147. The molecule has 0 aromatic heterocycles. The van der Waals surface area contributed by atoms with E-state index in [2.05, 4.69) is 25.7 Å². The second kappa shape index (κ2) is 4.38. The predicted molar refractivity (Wildman–Crippen MR) is 50.5 cm³/mol. The van der Waals surface area contributed by atoms with E-state index < -0.39 is 0 Å². The maximum Gasteiger partial charge on any atom is -0.0168 e. The van der Waals surface area contributed by atoms with Crippen LogP contribution in [-0.4, -0.2) is 0 Å². The van der Waals surface area contributed by atoms with Crippen LogP contribution in [0.15, 0.2) is 24.3 Å². The van der Waals surface area contributed by atoms with Crippen molar-refractivity contribution >= 4 is 0 Å². The summed E-state index contributed by atoms with van der Waals surface area (Å²) >= 11 is 0. The van der Waals surface area contributed by atoms with Crippen molar-refractivity contribution < 1.29 is 0 Å². The quantitative estimate of drug-likeness (QED) is 0.526. The van der Waals surface area contributed by atoms with E-state index in [0.29, 0.717) is 0 Å². The van der Waals surface area contributed by atoms with Crippen LogP contribution in [0.5, 0.6) is 0 Å². The lowest BCUT2D eigenvalue weighted by atomic mass is 9.84. The van der Waals surface area contributed by atoms with Crippen molar-refractivity contribution in [3.05, 3.63) is 24.3 Å². The van der Waals surface area contributed by atoms with Crippen LogP contribution in [0.4, 0.5) is 0 Å². The highest BCUT2D eigenvalue weighted by Gasteiger charge is 2.13. The summed E-state index contributed by atoms with van der Waals surface area (Å²) < 4.78 is 0. The molecule has 0 radical (unpaired) electrons. The van der Waals surface area contributed by atoms with Crippen molar-refractivity contribution in [3.63, 3.8) is 0 Å². The van der Waals surface area contributed by atoms with Crippen molar-refractivity contribution in [1.82, 2.24) is 0 Å².